The van der Waals surface area contributed by atoms with Crippen molar-refractivity contribution >= 4 is 16.7 Å². The van der Waals surface area contributed by atoms with Crippen molar-refractivity contribution in [3.8, 4) is 11.5 Å². The first-order valence-corrected chi connectivity index (χ1v) is 7.33. The zero-order chi connectivity index (χ0) is 16.2. The number of hydrogen-bond donors (Lipinski definition) is 0. The normalized spacial score (nSPS) is 10.5. The minimum atomic E-state index is -0.00240. The van der Waals surface area contributed by atoms with E-state index in [0.717, 1.165) is 10.9 Å². The van der Waals surface area contributed by atoms with Gasteiger partial charge in [-0.25, -0.2) is 0 Å². The summed E-state index contributed by atoms with van der Waals surface area (Å²) in [5, 5.41) is 0.768. The second-order valence-electron chi connectivity index (χ2n) is 5.21. The van der Waals surface area contributed by atoms with E-state index in [2.05, 4.69) is 4.98 Å². The van der Waals surface area contributed by atoms with Crippen LogP contribution in [0.3, 0.4) is 0 Å². The lowest BCUT2D eigenvalue weighted by molar-refractivity contribution is 0.101. The molecule has 0 radical (unpaired) electrons. The molecule has 0 aliphatic carbocycles. The topological polar surface area (TPSA) is 48.4 Å². The standard InChI is InChI=1S/C19H17NO3/c1-13(21)15-8-9-20-17-11-19(18(22-2)10-16(15)17)23-12-14-6-4-3-5-7-14/h3-11H,12H2,1-2H3. The van der Waals surface area contributed by atoms with Gasteiger partial charge in [0.2, 0.25) is 0 Å². The van der Waals surface area contributed by atoms with Gasteiger partial charge in [0.05, 0.1) is 12.6 Å². The molecule has 116 valence electrons. The van der Waals surface area contributed by atoms with Crippen molar-refractivity contribution in [2.24, 2.45) is 0 Å². The highest BCUT2D eigenvalue weighted by Gasteiger charge is 2.12. The predicted molar refractivity (Wildman–Crippen MR) is 89.1 cm³/mol. The zero-order valence-electron chi connectivity index (χ0n) is 13.1. The molecule has 0 unspecified atom stereocenters. The first-order chi connectivity index (χ1) is 11.2. The molecule has 0 aliphatic rings. The van der Waals surface area contributed by atoms with Gasteiger partial charge in [0.1, 0.15) is 6.61 Å². The Morgan fingerprint density at radius 1 is 1.09 bits per heavy atom. The minimum Gasteiger partial charge on any atom is -0.493 e. The summed E-state index contributed by atoms with van der Waals surface area (Å²) in [7, 11) is 1.58. The van der Waals surface area contributed by atoms with Crippen LogP contribution in [0, 0.1) is 0 Å². The number of rotatable bonds is 5. The van der Waals surface area contributed by atoms with E-state index in [-0.39, 0.29) is 5.78 Å². The molecule has 3 aromatic rings. The highest BCUT2D eigenvalue weighted by molar-refractivity contribution is 6.06. The first-order valence-electron chi connectivity index (χ1n) is 7.33. The van der Waals surface area contributed by atoms with Crippen LogP contribution in [0.4, 0.5) is 0 Å². The number of methoxy groups -OCH3 is 1. The molecule has 0 N–H and O–H groups in total. The molecule has 4 heteroatoms. The molecule has 0 aliphatic heterocycles. The van der Waals surface area contributed by atoms with E-state index in [9.17, 15) is 4.79 Å². The molecule has 4 nitrogen and oxygen atoms in total. The second kappa shape index (κ2) is 6.48. The van der Waals surface area contributed by atoms with Gasteiger partial charge < -0.3 is 9.47 Å². The van der Waals surface area contributed by atoms with Crippen molar-refractivity contribution in [3.63, 3.8) is 0 Å². The Hall–Kier alpha value is -2.88. The lowest BCUT2D eigenvalue weighted by atomic mass is 10.1. The van der Waals surface area contributed by atoms with E-state index in [1.165, 1.54) is 0 Å². The predicted octanol–water partition coefficient (Wildman–Crippen LogP) is 4.03. The number of pyridine rings is 1. The van der Waals surface area contributed by atoms with Crippen LogP contribution in [-0.4, -0.2) is 17.9 Å². The van der Waals surface area contributed by atoms with E-state index in [0.29, 0.717) is 29.2 Å². The number of hydrogen-bond acceptors (Lipinski definition) is 4. The van der Waals surface area contributed by atoms with E-state index in [1.807, 2.05) is 36.4 Å². The molecule has 1 heterocycles. The number of Topliss-reactive ketones (excluding diaryl/α,β-unsaturated/α-hetero) is 1. The van der Waals surface area contributed by atoms with E-state index < -0.39 is 0 Å². The van der Waals surface area contributed by atoms with Crippen LogP contribution in [-0.2, 0) is 6.61 Å². The number of nitrogens with zero attached hydrogens (tertiary/aromatic N) is 1. The van der Waals surface area contributed by atoms with Crippen LogP contribution in [0.5, 0.6) is 11.5 Å². The third-order valence-corrected chi connectivity index (χ3v) is 3.64. The number of ether oxygens (including phenoxy) is 2. The summed E-state index contributed by atoms with van der Waals surface area (Å²) >= 11 is 0. The van der Waals surface area contributed by atoms with Gasteiger partial charge in [0.25, 0.3) is 0 Å². The fourth-order valence-corrected chi connectivity index (χ4v) is 2.47. The van der Waals surface area contributed by atoms with Crippen LogP contribution in [0.15, 0.2) is 54.7 Å². The molecule has 0 amide bonds. The Morgan fingerprint density at radius 2 is 1.87 bits per heavy atom. The highest BCUT2D eigenvalue weighted by atomic mass is 16.5. The van der Waals surface area contributed by atoms with Gasteiger partial charge in [-0.3, -0.25) is 9.78 Å². The van der Waals surface area contributed by atoms with Crippen molar-refractivity contribution < 1.29 is 14.3 Å². The Kier molecular flexibility index (Phi) is 4.24. The third kappa shape index (κ3) is 3.16. The molecule has 23 heavy (non-hydrogen) atoms. The molecule has 0 fully saturated rings. The lowest BCUT2D eigenvalue weighted by Gasteiger charge is -2.13. The van der Waals surface area contributed by atoms with Gasteiger partial charge in [-0.1, -0.05) is 30.3 Å². The van der Waals surface area contributed by atoms with Crippen molar-refractivity contribution in [3.05, 3.63) is 65.9 Å². The van der Waals surface area contributed by atoms with Gasteiger partial charge in [0.15, 0.2) is 17.3 Å². The second-order valence-corrected chi connectivity index (χ2v) is 5.21. The van der Waals surface area contributed by atoms with E-state index in [4.69, 9.17) is 9.47 Å². The maximum atomic E-state index is 11.8. The Morgan fingerprint density at radius 3 is 2.57 bits per heavy atom. The Labute approximate surface area is 134 Å². The van der Waals surface area contributed by atoms with E-state index >= 15 is 0 Å². The molecule has 0 saturated heterocycles. The Bertz CT molecular complexity index is 844. The van der Waals surface area contributed by atoms with Crippen molar-refractivity contribution in [1.82, 2.24) is 4.98 Å². The molecule has 0 atom stereocenters. The third-order valence-electron chi connectivity index (χ3n) is 3.64. The van der Waals surface area contributed by atoms with Gasteiger partial charge in [-0.2, -0.15) is 0 Å². The number of benzene rings is 2. The number of fused-ring (bicyclic) bond motifs is 1. The van der Waals surface area contributed by atoms with Crippen LogP contribution in [0.2, 0.25) is 0 Å². The average Bonchev–Trinajstić information content (AvgIpc) is 2.59. The van der Waals surface area contributed by atoms with E-state index in [1.54, 1.807) is 32.4 Å². The summed E-state index contributed by atoms with van der Waals surface area (Å²) in [6.45, 7) is 1.98. The monoisotopic (exact) mass is 307 g/mol. The fourth-order valence-electron chi connectivity index (χ4n) is 2.47. The maximum Gasteiger partial charge on any atom is 0.163 e. The Balaban J connectivity index is 1.98. The first kappa shape index (κ1) is 15.0. The number of carbonyl (C=O) groups excluding carboxylic acids is 1. The molecule has 0 saturated carbocycles. The van der Waals surface area contributed by atoms with Crippen molar-refractivity contribution in [1.29, 1.82) is 0 Å². The summed E-state index contributed by atoms with van der Waals surface area (Å²) in [5.41, 5.74) is 2.41. The summed E-state index contributed by atoms with van der Waals surface area (Å²) in [5.74, 6) is 1.19. The molecular formula is C19H17NO3. The van der Waals surface area contributed by atoms with Gasteiger partial charge in [0, 0.05) is 23.2 Å². The van der Waals surface area contributed by atoms with Crippen LogP contribution in [0.25, 0.3) is 10.9 Å². The SMILES string of the molecule is COc1cc2c(C(C)=O)ccnc2cc1OCc1ccccc1. The average molecular weight is 307 g/mol. The number of ketones is 1. The zero-order valence-corrected chi connectivity index (χ0v) is 13.1. The molecule has 2 aromatic carbocycles. The summed E-state index contributed by atoms with van der Waals surface area (Å²) < 4.78 is 11.3. The molecule has 3 rings (SSSR count). The van der Waals surface area contributed by atoms with Crippen LogP contribution in [0.1, 0.15) is 22.8 Å². The lowest BCUT2D eigenvalue weighted by Crippen LogP contribution is -2.00. The molecule has 0 spiro atoms. The molecular weight excluding hydrogens is 290 g/mol. The number of carbonyl (C=O) groups is 1. The minimum absolute atomic E-state index is 0.00240. The number of aromatic nitrogens is 1. The summed E-state index contributed by atoms with van der Waals surface area (Å²) in [4.78, 5) is 16.1. The molecule has 1 aromatic heterocycles. The van der Waals surface area contributed by atoms with Gasteiger partial charge in [-0.05, 0) is 24.6 Å². The highest BCUT2D eigenvalue weighted by Crippen LogP contribution is 2.33. The smallest absolute Gasteiger partial charge is 0.163 e. The largest absolute Gasteiger partial charge is 0.493 e. The quantitative estimate of drug-likeness (QED) is 0.668. The fraction of sp³-hybridized carbons (Fsp3) is 0.158. The van der Waals surface area contributed by atoms with Crippen molar-refractivity contribution in [2.75, 3.05) is 7.11 Å². The molecule has 0 bridgehead atoms. The summed E-state index contributed by atoms with van der Waals surface area (Å²) in [6.07, 6.45) is 1.63. The van der Waals surface area contributed by atoms with Crippen LogP contribution >= 0.6 is 0 Å². The van der Waals surface area contributed by atoms with Gasteiger partial charge >= 0.3 is 0 Å². The summed E-state index contributed by atoms with van der Waals surface area (Å²) in [6, 6.07) is 15.2. The van der Waals surface area contributed by atoms with Crippen molar-refractivity contribution in [2.45, 2.75) is 13.5 Å². The van der Waals surface area contributed by atoms with Crippen LogP contribution < -0.4 is 9.47 Å². The van der Waals surface area contributed by atoms with Gasteiger partial charge in [-0.15, -0.1) is 0 Å². The maximum absolute atomic E-state index is 11.8.